The first-order chi connectivity index (χ1) is 58.0. The molecule has 720 valence electrons. The summed E-state index contributed by atoms with van der Waals surface area (Å²) >= 11 is 0. The van der Waals surface area contributed by atoms with Gasteiger partial charge in [0.15, 0.2) is 25.2 Å². The lowest BCUT2D eigenvalue weighted by molar-refractivity contribution is -0.870. The molecule has 4 saturated heterocycles. The van der Waals surface area contributed by atoms with Crippen LogP contribution >= 0.6 is 15.6 Å². The van der Waals surface area contributed by atoms with Crippen LogP contribution in [0.4, 0.5) is 0 Å². The van der Waals surface area contributed by atoms with Gasteiger partial charge in [-0.25, -0.2) is 9.13 Å². The molecule has 4 heterocycles. The van der Waals surface area contributed by atoms with Crippen LogP contribution in [0.3, 0.4) is 0 Å². The predicted molar refractivity (Wildman–Crippen MR) is 453 cm³/mol. The topological polar surface area (TPSA) is 507 Å². The van der Waals surface area contributed by atoms with E-state index in [1.54, 1.807) is 0 Å². The van der Waals surface area contributed by atoms with E-state index < -0.39 is 165 Å². The van der Waals surface area contributed by atoms with Crippen LogP contribution in [0.2, 0.25) is 0 Å². The highest BCUT2D eigenvalue weighted by Gasteiger charge is 2.51. The molecule has 0 aromatic rings. The molecule has 16 N–H and O–H groups in total. The van der Waals surface area contributed by atoms with E-state index in [2.05, 4.69) is 24.5 Å². The van der Waals surface area contributed by atoms with E-state index in [0.29, 0.717) is 112 Å². The average Bonchev–Trinajstić information content (AvgIpc) is 0.808. The van der Waals surface area contributed by atoms with Crippen molar-refractivity contribution in [1.29, 1.82) is 0 Å². The van der Waals surface area contributed by atoms with Crippen LogP contribution in [0.5, 0.6) is 0 Å². The Balaban J connectivity index is 1.25. The average molecular weight is 1800 g/mol. The summed E-state index contributed by atoms with van der Waals surface area (Å²) in [4.78, 5) is 63.9. The number of aliphatic hydroxyl groups excluding tert-OH is 12. The van der Waals surface area contributed by atoms with Crippen molar-refractivity contribution in [2.24, 2.45) is 5.92 Å². The number of phosphoric ester groups is 2. The normalized spacial score (nSPS) is 28.3. The van der Waals surface area contributed by atoms with Gasteiger partial charge in [-0.1, -0.05) is 194 Å². The zero-order valence-corrected chi connectivity index (χ0v) is 76.6. The number of ether oxygens (including phenoxy) is 8. The van der Waals surface area contributed by atoms with E-state index in [-0.39, 0.29) is 62.9 Å². The van der Waals surface area contributed by atoms with Crippen molar-refractivity contribution in [3.63, 3.8) is 0 Å². The molecule has 4 aliphatic heterocycles. The smallest absolute Gasteiger partial charge is 0.387 e. The van der Waals surface area contributed by atoms with E-state index >= 15 is 0 Å². The Bertz CT molecular complexity index is 2660. The molecule has 122 heavy (non-hydrogen) atoms. The Morgan fingerprint density at radius 1 is 0.336 bits per heavy atom. The minimum atomic E-state index is -4.62. The molecular formula is C84H165N5O31P2+2. The van der Waals surface area contributed by atoms with Gasteiger partial charge >= 0.3 is 15.6 Å². The van der Waals surface area contributed by atoms with E-state index in [1.165, 1.54) is 116 Å². The lowest BCUT2D eigenvalue weighted by atomic mass is 9.92. The first-order valence-electron chi connectivity index (χ1n) is 45.9. The fourth-order valence-corrected chi connectivity index (χ4v) is 16.4. The van der Waals surface area contributed by atoms with Crippen molar-refractivity contribution >= 4 is 33.4 Å². The molecule has 38 heteroatoms. The number of carbonyl (C=O) groups excluding carboxylic acids is 3. The number of phosphoric acid groups is 2. The lowest BCUT2D eigenvalue weighted by Crippen LogP contribution is -2.61. The number of nitrogens with one attached hydrogen (secondary N) is 2. The van der Waals surface area contributed by atoms with Gasteiger partial charge in [-0.15, -0.1) is 0 Å². The summed E-state index contributed by atoms with van der Waals surface area (Å²) in [6.45, 7) is 4.04. The standard InChI is InChI=1S/C84H163N5O31P2/c1-9-11-13-15-17-19-21-23-25-27-29-35-43-61(44-36-30-28-26-24-22-20-18-16-14-12-10-2)80(104)87(49-41-45-66(90)85-47-37-31-33-39-53-109-81-76(100)72(96)68(92)62(117-81)57-111-83-78(102)74(98)70(94)64(119-83)59-115-121(105,106)113-55-51-88(3,4)5)50-42-46-67(91)86-48-38-32-34-40-54-110-82-77(101)73(97)69(93)63(118-82)58-112-84-79(103)75(99)71(95)65(120-84)60-116-122(107,108)114-56-52-89(6,7)8/h61-65,68-79,81-84,92-103H,9-60H2,1-8H3,(H2-2,85,86,90,91,105,106,107,108)/p+2/t62-,63-,64-,65-,68+,69+,70+,71+,72+,73+,74+,75+,76-,77-,78-,79-,81-,82-,83-,84-/m1/s1. The summed E-state index contributed by atoms with van der Waals surface area (Å²) in [5, 5.41) is 134. The molecule has 4 rings (SSSR count). The van der Waals surface area contributed by atoms with Gasteiger partial charge in [-0.05, 0) is 51.4 Å². The summed E-state index contributed by atoms with van der Waals surface area (Å²) < 4.78 is 91.6. The number of aliphatic hydroxyl groups is 12. The maximum Gasteiger partial charge on any atom is 0.472 e. The number of likely N-dealkylation sites (N-methyl/N-ethyl adjacent to an activating group) is 2. The van der Waals surface area contributed by atoms with Crippen molar-refractivity contribution in [3.05, 3.63) is 0 Å². The molecule has 0 aliphatic carbocycles. The van der Waals surface area contributed by atoms with Crippen LogP contribution in [-0.4, -0.2) is 360 Å². The van der Waals surface area contributed by atoms with Crippen LogP contribution in [-0.2, 0) is 79.5 Å². The number of unbranched alkanes of at least 4 members (excludes halogenated alkanes) is 28. The fourth-order valence-electron chi connectivity index (χ4n) is 14.9. The monoisotopic (exact) mass is 1800 g/mol. The van der Waals surface area contributed by atoms with Gasteiger partial charge in [0.05, 0.1) is 68.7 Å². The molecule has 0 spiro atoms. The van der Waals surface area contributed by atoms with Crippen LogP contribution in [0, 0.1) is 5.92 Å². The molecule has 0 saturated carbocycles. The molecule has 0 bridgehead atoms. The molecule has 4 aliphatic rings. The Labute approximate surface area is 726 Å². The highest BCUT2D eigenvalue weighted by Crippen LogP contribution is 2.45. The van der Waals surface area contributed by atoms with Crippen LogP contribution in [0.25, 0.3) is 0 Å². The third-order valence-corrected chi connectivity index (χ3v) is 24.8. The van der Waals surface area contributed by atoms with Gasteiger partial charge in [0, 0.05) is 58.2 Å². The largest absolute Gasteiger partial charge is 0.472 e. The molecule has 2 unspecified atom stereocenters. The summed E-state index contributed by atoms with van der Waals surface area (Å²) in [6.07, 6.45) is 4.15. The van der Waals surface area contributed by atoms with Gasteiger partial charge in [-0.3, -0.25) is 32.5 Å². The molecule has 22 atom stereocenters. The number of nitrogens with zero attached hydrogens (tertiary/aromatic N) is 3. The minimum Gasteiger partial charge on any atom is -0.387 e. The number of amides is 3. The highest BCUT2D eigenvalue weighted by molar-refractivity contribution is 7.47. The third-order valence-electron chi connectivity index (χ3n) is 22.8. The molecule has 0 radical (unpaired) electrons. The molecule has 36 nitrogen and oxygen atoms in total. The van der Waals surface area contributed by atoms with Crippen LogP contribution in [0.15, 0.2) is 0 Å². The number of rotatable bonds is 71. The van der Waals surface area contributed by atoms with E-state index in [1.807, 2.05) is 47.2 Å². The van der Waals surface area contributed by atoms with Crippen molar-refractivity contribution in [2.75, 3.05) is 134 Å². The Kier molecular flexibility index (Phi) is 57.1. The summed E-state index contributed by atoms with van der Waals surface area (Å²) in [6, 6.07) is 0. The molecule has 3 amide bonds. The van der Waals surface area contributed by atoms with Gasteiger partial charge in [-0.2, -0.15) is 0 Å². The second-order valence-corrected chi connectivity index (χ2v) is 38.7. The summed E-state index contributed by atoms with van der Waals surface area (Å²) in [7, 11) is 1.88. The molecule has 0 aromatic heterocycles. The number of hydrogen-bond acceptors (Lipinski definition) is 29. The van der Waals surface area contributed by atoms with E-state index in [0.717, 1.165) is 51.4 Å². The molecular weight excluding hydrogens is 1640 g/mol. The van der Waals surface area contributed by atoms with E-state index in [9.17, 15) is 94.6 Å². The predicted octanol–water partition coefficient (Wildman–Crippen LogP) is 5.50. The van der Waals surface area contributed by atoms with Crippen molar-refractivity contribution in [2.45, 2.75) is 381 Å². The first kappa shape index (κ1) is 112. The Morgan fingerprint density at radius 2 is 0.607 bits per heavy atom. The number of carbonyl (C=O) groups is 3. The molecule has 0 aromatic carbocycles. The highest BCUT2D eigenvalue weighted by atomic mass is 31.2. The second-order valence-electron chi connectivity index (χ2n) is 35.8. The third kappa shape index (κ3) is 46.5. The van der Waals surface area contributed by atoms with Crippen molar-refractivity contribution < 1.29 is 160 Å². The maximum atomic E-state index is 14.9. The minimum absolute atomic E-state index is 0.0810. The summed E-state index contributed by atoms with van der Waals surface area (Å²) in [5.41, 5.74) is 0. The second kappa shape index (κ2) is 62.2. The summed E-state index contributed by atoms with van der Waals surface area (Å²) in [5.74, 6) is -0.383. The Hall–Kier alpha value is -2.25. The maximum absolute atomic E-state index is 14.9. The van der Waals surface area contributed by atoms with Gasteiger partial charge < -0.3 is 133 Å². The van der Waals surface area contributed by atoms with Crippen LogP contribution < -0.4 is 10.6 Å². The lowest BCUT2D eigenvalue weighted by Gasteiger charge is -2.43. The first-order valence-corrected chi connectivity index (χ1v) is 48.9. The molecule has 4 fully saturated rings. The SMILES string of the molecule is CCCCCCCCCCCCCCC(CCCCCCCCCCCCCC)C(=O)N(CCCC(=O)NCCCCCCO[C@@H]1O[C@H](CO[C@@H]2O[C@H](COP(=O)(O)OCC[N+](C)(C)C)[C@H](O)[C@H](O)[C@H]2O)[C@H](O)[C@H](O)[C@H]1O)CCCC(=O)NCCCCCCO[C@@H]1O[C@H](CO[C@@H]2O[C@H](COP(=O)(O)OCC[N+](C)(C)C)[C@H](O)[C@H](O)[C@H]2O)[C@H](O)[C@H](O)[C@H]1O. The van der Waals surface area contributed by atoms with Gasteiger partial charge in [0.25, 0.3) is 0 Å². The number of quaternary nitrogens is 2. The zero-order valence-electron chi connectivity index (χ0n) is 74.8. The van der Waals surface area contributed by atoms with Crippen molar-refractivity contribution in [3.8, 4) is 0 Å². The fraction of sp³-hybridized carbons (Fsp3) is 0.964. The quantitative estimate of drug-likeness (QED) is 0.0203. The Morgan fingerprint density at radius 3 is 0.910 bits per heavy atom. The van der Waals surface area contributed by atoms with Crippen LogP contribution in [0.1, 0.15) is 258 Å². The van der Waals surface area contributed by atoms with Gasteiger partial charge in [0.2, 0.25) is 17.7 Å². The zero-order chi connectivity index (χ0) is 90.1. The van der Waals surface area contributed by atoms with Crippen molar-refractivity contribution in [1.82, 2.24) is 15.5 Å². The van der Waals surface area contributed by atoms with E-state index in [4.69, 9.17) is 56.0 Å². The number of hydrogen-bond donors (Lipinski definition) is 16. The van der Waals surface area contributed by atoms with Gasteiger partial charge in [0.1, 0.15) is 124 Å².